The molecule has 0 fully saturated rings. The van der Waals surface area contributed by atoms with E-state index in [1.165, 1.54) is 16.1 Å². The number of carbonyl (C=O) groups excluding carboxylic acids is 1. The molecule has 0 atom stereocenters. The summed E-state index contributed by atoms with van der Waals surface area (Å²) in [5.41, 5.74) is 2.49. The van der Waals surface area contributed by atoms with Crippen LogP contribution in [-0.2, 0) is 10.0 Å². The maximum absolute atomic E-state index is 12.1. The van der Waals surface area contributed by atoms with Gasteiger partial charge in [-0.15, -0.1) is 5.10 Å². The van der Waals surface area contributed by atoms with E-state index in [0.717, 1.165) is 6.26 Å². The predicted molar refractivity (Wildman–Crippen MR) is 104 cm³/mol. The van der Waals surface area contributed by atoms with E-state index in [-0.39, 0.29) is 5.91 Å². The lowest BCUT2D eigenvalue weighted by Crippen LogP contribution is -2.10. The summed E-state index contributed by atoms with van der Waals surface area (Å²) in [4.78, 5) is 16.3. The van der Waals surface area contributed by atoms with Crippen molar-refractivity contribution in [1.82, 2.24) is 24.4 Å². The highest BCUT2D eigenvalue weighted by Crippen LogP contribution is 2.29. The Bertz CT molecular complexity index is 1290. The number of fused-ring (bicyclic) bond motifs is 1. The van der Waals surface area contributed by atoms with E-state index >= 15 is 0 Å². The molecule has 0 saturated heterocycles. The number of para-hydroxylation sites is 1. The molecule has 0 saturated carbocycles. The molecule has 9 nitrogen and oxygen atoms in total. The van der Waals surface area contributed by atoms with Gasteiger partial charge in [-0.3, -0.25) is 14.5 Å². The number of hydrogen-bond donors (Lipinski definition) is 1. The maximum Gasteiger partial charge on any atom is 0.245 e. The molecule has 3 heterocycles. The van der Waals surface area contributed by atoms with Crippen LogP contribution in [0.4, 0.5) is 5.69 Å². The summed E-state index contributed by atoms with van der Waals surface area (Å²) < 4.78 is 28.6. The lowest BCUT2D eigenvalue weighted by molar-refractivity contribution is 0.0926. The fourth-order valence-electron chi connectivity index (χ4n) is 2.88. The minimum atomic E-state index is -3.46. The summed E-state index contributed by atoms with van der Waals surface area (Å²) in [6, 6.07) is 14.0. The number of aromatic nitrogens is 5. The number of rotatable bonds is 4. The van der Waals surface area contributed by atoms with Crippen LogP contribution in [0.2, 0.25) is 0 Å². The molecule has 0 bridgehead atoms. The Morgan fingerprint density at radius 1 is 1.04 bits per heavy atom. The van der Waals surface area contributed by atoms with Crippen LogP contribution in [0, 0.1) is 0 Å². The third kappa shape index (κ3) is 3.25. The van der Waals surface area contributed by atoms with Crippen LogP contribution in [0.25, 0.3) is 28.4 Å². The molecule has 1 aromatic carbocycles. The molecule has 0 radical (unpaired) electrons. The number of pyridine rings is 1. The van der Waals surface area contributed by atoms with Crippen molar-refractivity contribution >= 4 is 27.3 Å². The molecular formula is C18H16N6O3S. The lowest BCUT2D eigenvalue weighted by atomic mass is 10.1. The molecule has 142 valence electrons. The van der Waals surface area contributed by atoms with Crippen LogP contribution in [0.1, 0.15) is 11.7 Å². The van der Waals surface area contributed by atoms with Gasteiger partial charge >= 0.3 is 0 Å². The van der Waals surface area contributed by atoms with E-state index in [0.29, 0.717) is 34.1 Å². The van der Waals surface area contributed by atoms with E-state index in [1.54, 1.807) is 48.7 Å². The van der Waals surface area contributed by atoms with E-state index < -0.39 is 10.0 Å². The third-order valence-corrected chi connectivity index (χ3v) is 4.58. The Morgan fingerprint density at radius 2 is 1.79 bits per heavy atom. The Labute approximate surface area is 160 Å². The van der Waals surface area contributed by atoms with Crippen molar-refractivity contribution in [2.45, 2.75) is 6.92 Å². The van der Waals surface area contributed by atoms with Crippen molar-refractivity contribution in [2.24, 2.45) is 0 Å². The summed E-state index contributed by atoms with van der Waals surface area (Å²) in [5.74, 6) is 0.131. The van der Waals surface area contributed by atoms with Gasteiger partial charge in [0.05, 0.1) is 17.6 Å². The van der Waals surface area contributed by atoms with Crippen molar-refractivity contribution < 1.29 is 13.2 Å². The van der Waals surface area contributed by atoms with Crippen molar-refractivity contribution in [3.8, 4) is 22.8 Å². The molecule has 4 aromatic rings. The Balaban J connectivity index is 1.93. The van der Waals surface area contributed by atoms with E-state index in [9.17, 15) is 13.2 Å². The number of carbonyl (C=O) groups is 1. The monoisotopic (exact) mass is 396 g/mol. The zero-order chi connectivity index (χ0) is 19.9. The highest BCUT2D eigenvalue weighted by atomic mass is 32.2. The van der Waals surface area contributed by atoms with Gasteiger partial charge < -0.3 is 0 Å². The summed E-state index contributed by atoms with van der Waals surface area (Å²) >= 11 is 0. The molecular weight excluding hydrogens is 380 g/mol. The van der Waals surface area contributed by atoms with Gasteiger partial charge in [0.15, 0.2) is 5.65 Å². The molecule has 10 heteroatoms. The number of nitrogens with one attached hydrogen (secondary N) is 1. The lowest BCUT2D eigenvalue weighted by Gasteiger charge is -2.08. The van der Waals surface area contributed by atoms with E-state index in [4.69, 9.17) is 0 Å². The van der Waals surface area contributed by atoms with Crippen LogP contribution < -0.4 is 4.72 Å². The van der Waals surface area contributed by atoms with Gasteiger partial charge in [0.2, 0.25) is 21.8 Å². The molecule has 0 aliphatic heterocycles. The largest absolute Gasteiger partial charge is 0.283 e. The van der Waals surface area contributed by atoms with Gasteiger partial charge in [-0.25, -0.2) is 8.42 Å². The zero-order valence-corrected chi connectivity index (χ0v) is 15.9. The number of benzene rings is 1. The molecule has 0 unspecified atom stereocenters. The van der Waals surface area contributed by atoms with Gasteiger partial charge in [-0.05, 0) is 18.2 Å². The van der Waals surface area contributed by atoms with Crippen LogP contribution in [0.5, 0.6) is 0 Å². The standard InChI is InChI=1S/C18H16N6O3S/c1-12(25)23-17-11-16(13-7-3-4-8-14(13)22-28(2,26)27)20-24(17)18(21-23)15-9-5-6-10-19-15/h3-11,22H,1-2H3. The first kappa shape index (κ1) is 17.9. The van der Waals surface area contributed by atoms with Crippen LogP contribution in [0.15, 0.2) is 54.7 Å². The maximum atomic E-state index is 12.1. The number of nitrogens with zero attached hydrogens (tertiary/aromatic N) is 5. The molecule has 0 amide bonds. The van der Waals surface area contributed by atoms with Gasteiger partial charge in [0.25, 0.3) is 0 Å². The summed E-state index contributed by atoms with van der Waals surface area (Å²) in [7, 11) is -3.46. The van der Waals surface area contributed by atoms with Gasteiger partial charge in [-0.1, -0.05) is 24.3 Å². The fourth-order valence-corrected chi connectivity index (χ4v) is 3.46. The second-order valence-electron chi connectivity index (χ2n) is 6.19. The van der Waals surface area contributed by atoms with Crippen molar-refractivity contribution in [3.05, 3.63) is 54.7 Å². The van der Waals surface area contributed by atoms with E-state index in [2.05, 4.69) is 19.9 Å². The first-order chi connectivity index (χ1) is 13.3. The number of sulfonamides is 1. The van der Waals surface area contributed by atoms with Gasteiger partial charge in [0, 0.05) is 24.8 Å². The van der Waals surface area contributed by atoms with Gasteiger partial charge in [-0.2, -0.15) is 14.3 Å². The Hall–Kier alpha value is -3.53. The predicted octanol–water partition coefficient (Wildman–Crippen LogP) is 2.29. The molecule has 0 aliphatic rings. The number of anilines is 1. The quantitative estimate of drug-likeness (QED) is 0.566. The molecule has 0 spiro atoms. The van der Waals surface area contributed by atoms with E-state index in [1.807, 2.05) is 6.07 Å². The summed E-state index contributed by atoms with van der Waals surface area (Å²) in [5, 5.41) is 8.89. The SMILES string of the molecule is CC(=O)n1nc(-c2ccccn2)n2nc(-c3ccccc3NS(C)(=O)=O)cc12. The highest BCUT2D eigenvalue weighted by molar-refractivity contribution is 7.92. The smallest absolute Gasteiger partial charge is 0.245 e. The van der Waals surface area contributed by atoms with Crippen molar-refractivity contribution in [3.63, 3.8) is 0 Å². The topological polar surface area (TPSA) is 111 Å². The van der Waals surface area contributed by atoms with Crippen molar-refractivity contribution in [2.75, 3.05) is 11.0 Å². The summed E-state index contributed by atoms with van der Waals surface area (Å²) in [6.45, 7) is 1.40. The average molecular weight is 396 g/mol. The first-order valence-corrected chi connectivity index (χ1v) is 10.2. The molecule has 1 N–H and O–H groups in total. The normalized spacial score (nSPS) is 11.6. The Kier molecular flexibility index (Phi) is 4.19. The Morgan fingerprint density at radius 3 is 2.46 bits per heavy atom. The van der Waals surface area contributed by atoms with Crippen LogP contribution in [0.3, 0.4) is 0 Å². The van der Waals surface area contributed by atoms with Crippen LogP contribution >= 0.6 is 0 Å². The van der Waals surface area contributed by atoms with Gasteiger partial charge in [0.1, 0.15) is 5.69 Å². The summed E-state index contributed by atoms with van der Waals surface area (Å²) in [6.07, 6.45) is 2.71. The third-order valence-electron chi connectivity index (χ3n) is 3.99. The number of hydrogen-bond acceptors (Lipinski definition) is 6. The van der Waals surface area contributed by atoms with Crippen molar-refractivity contribution in [1.29, 1.82) is 0 Å². The minimum absolute atomic E-state index is 0.277. The second kappa shape index (κ2) is 6.57. The average Bonchev–Trinajstić information content (AvgIpc) is 3.20. The zero-order valence-electron chi connectivity index (χ0n) is 15.1. The molecule has 3 aromatic heterocycles. The van der Waals surface area contributed by atoms with Crippen LogP contribution in [-0.4, -0.2) is 45.0 Å². The fraction of sp³-hybridized carbons (Fsp3) is 0.111. The molecule has 0 aliphatic carbocycles. The highest BCUT2D eigenvalue weighted by Gasteiger charge is 2.20. The molecule has 28 heavy (non-hydrogen) atoms. The molecule has 4 rings (SSSR count). The minimum Gasteiger partial charge on any atom is -0.283 e. The second-order valence-corrected chi connectivity index (χ2v) is 7.94. The first-order valence-electron chi connectivity index (χ1n) is 8.32.